The van der Waals surface area contributed by atoms with Crippen molar-refractivity contribution in [1.29, 1.82) is 0 Å². The number of anilines is 1. The molecule has 35 heavy (non-hydrogen) atoms. The smallest absolute Gasteiger partial charge is 0.301 e. The lowest BCUT2D eigenvalue weighted by molar-refractivity contribution is -0.132. The van der Waals surface area contributed by atoms with Crippen molar-refractivity contribution in [2.75, 3.05) is 11.5 Å². The van der Waals surface area contributed by atoms with E-state index in [-0.39, 0.29) is 21.8 Å². The van der Waals surface area contributed by atoms with Gasteiger partial charge in [0, 0.05) is 5.56 Å². The zero-order chi connectivity index (χ0) is 24.7. The quantitative estimate of drug-likeness (QED) is 0.223. The summed E-state index contributed by atoms with van der Waals surface area (Å²) in [6.07, 6.45) is 0. The van der Waals surface area contributed by atoms with Crippen LogP contribution in [0.15, 0.2) is 72.3 Å². The lowest BCUT2D eigenvalue weighted by atomic mass is 9.95. The number of aliphatic hydroxyl groups is 1. The van der Waals surface area contributed by atoms with Gasteiger partial charge in [0.05, 0.1) is 28.4 Å². The third-order valence-corrected chi connectivity index (χ3v) is 6.61. The summed E-state index contributed by atoms with van der Waals surface area (Å²) in [5.74, 6) is -2.80. The topological polar surface area (TPSA) is 79.7 Å². The molecule has 6 nitrogen and oxygen atoms in total. The summed E-state index contributed by atoms with van der Waals surface area (Å²) >= 11 is 1.17. The maximum Gasteiger partial charge on any atom is 0.301 e. The number of thiazole rings is 1. The number of aromatic nitrogens is 1. The van der Waals surface area contributed by atoms with Gasteiger partial charge < -0.3 is 9.84 Å². The standard InChI is InChI=1S/C26H18F2N2O4S/c1-2-34-18-10-11-19-20(13-18)35-26(29-19)30-22(15-4-3-5-17(28)12-15)21(24(32)25(30)33)23(31)14-6-8-16(27)9-7-14/h3-13,22,31H,2H2,1H3/b23-21+/t22-/m0/s1. The van der Waals surface area contributed by atoms with Gasteiger partial charge in [0.1, 0.15) is 23.1 Å². The lowest BCUT2D eigenvalue weighted by Crippen LogP contribution is -2.29. The highest BCUT2D eigenvalue weighted by atomic mass is 32.1. The summed E-state index contributed by atoms with van der Waals surface area (Å²) in [6.45, 7) is 2.34. The van der Waals surface area contributed by atoms with E-state index in [1.807, 2.05) is 6.92 Å². The Hall–Kier alpha value is -4.11. The van der Waals surface area contributed by atoms with Crippen molar-refractivity contribution in [1.82, 2.24) is 4.98 Å². The minimum atomic E-state index is -1.14. The van der Waals surface area contributed by atoms with E-state index in [9.17, 15) is 23.5 Å². The number of hydrogen-bond donors (Lipinski definition) is 1. The van der Waals surface area contributed by atoms with Crippen molar-refractivity contribution in [3.05, 3.63) is 95.1 Å². The number of carbonyl (C=O) groups excluding carboxylic acids is 2. The summed E-state index contributed by atoms with van der Waals surface area (Å²) < 4.78 is 33.9. The summed E-state index contributed by atoms with van der Waals surface area (Å²) in [7, 11) is 0. The van der Waals surface area contributed by atoms with Gasteiger partial charge in [-0.3, -0.25) is 14.5 Å². The van der Waals surface area contributed by atoms with Crippen molar-refractivity contribution in [3.8, 4) is 5.75 Å². The van der Waals surface area contributed by atoms with Gasteiger partial charge in [-0.2, -0.15) is 0 Å². The number of aliphatic hydroxyl groups excluding tert-OH is 1. The summed E-state index contributed by atoms with van der Waals surface area (Å²) in [5, 5.41) is 11.2. The SMILES string of the molecule is CCOc1ccc2nc(N3C(=O)C(=O)/C(=C(/O)c4ccc(F)cc4)[C@@H]3c3cccc(F)c3)sc2c1. The molecule has 0 aliphatic carbocycles. The molecule has 1 atom stereocenters. The van der Waals surface area contributed by atoms with Crippen molar-refractivity contribution in [2.45, 2.75) is 13.0 Å². The first-order valence-corrected chi connectivity index (χ1v) is 11.5. The molecular formula is C26H18F2N2O4S. The number of benzene rings is 3. The van der Waals surface area contributed by atoms with E-state index < -0.39 is 35.1 Å². The average Bonchev–Trinajstić information content (AvgIpc) is 3.37. The summed E-state index contributed by atoms with van der Waals surface area (Å²) in [4.78, 5) is 32.1. The molecule has 1 aliphatic heterocycles. The normalized spacial score (nSPS) is 17.3. The maximum absolute atomic E-state index is 14.2. The highest BCUT2D eigenvalue weighted by molar-refractivity contribution is 7.22. The van der Waals surface area contributed by atoms with E-state index in [1.165, 1.54) is 41.7 Å². The van der Waals surface area contributed by atoms with Gasteiger partial charge in [-0.15, -0.1) is 0 Å². The third-order valence-electron chi connectivity index (χ3n) is 5.59. The summed E-state index contributed by atoms with van der Waals surface area (Å²) in [6, 6.07) is 14.5. The van der Waals surface area contributed by atoms with Crippen LogP contribution in [0.2, 0.25) is 0 Å². The number of amides is 1. The molecule has 2 heterocycles. The van der Waals surface area contributed by atoms with E-state index in [1.54, 1.807) is 24.3 Å². The molecule has 0 spiro atoms. The molecule has 0 unspecified atom stereocenters. The first kappa shape index (κ1) is 22.7. The fraction of sp³-hybridized carbons (Fsp3) is 0.115. The van der Waals surface area contributed by atoms with Crippen LogP contribution >= 0.6 is 11.3 Å². The van der Waals surface area contributed by atoms with Gasteiger partial charge in [0.2, 0.25) is 0 Å². The first-order chi connectivity index (χ1) is 16.9. The van der Waals surface area contributed by atoms with Gasteiger partial charge >= 0.3 is 5.91 Å². The molecule has 0 bridgehead atoms. The van der Waals surface area contributed by atoms with E-state index in [0.29, 0.717) is 17.9 Å². The number of nitrogens with zero attached hydrogens (tertiary/aromatic N) is 2. The molecule has 3 aromatic carbocycles. The number of ether oxygens (including phenoxy) is 1. The van der Waals surface area contributed by atoms with Gasteiger partial charge in [-0.25, -0.2) is 13.8 Å². The Bertz CT molecular complexity index is 1500. The maximum atomic E-state index is 14.2. The zero-order valence-electron chi connectivity index (χ0n) is 18.4. The minimum Gasteiger partial charge on any atom is -0.507 e. The van der Waals surface area contributed by atoms with Crippen LogP contribution in [-0.2, 0) is 9.59 Å². The molecule has 5 rings (SSSR count). The van der Waals surface area contributed by atoms with E-state index in [0.717, 1.165) is 21.7 Å². The molecule has 0 saturated carbocycles. The van der Waals surface area contributed by atoms with Gasteiger partial charge in [0.15, 0.2) is 5.13 Å². The molecule has 176 valence electrons. The molecule has 1 aliphatic rings. The molecule has 1 fully saturated rings. The first-order valence-electron chi connectivity index (χ1n) is 10.7. The van der Waals surface area contributed by atoms with Crippen LogP contribution in [0.3, 0.4) is 0 Å². The molecule has 0 radical (unpaired) electrons. The summed E-state index contributed by atoms with van der Waals surface area (Å²) in [5.41, 5.74) is 0.784. The van der Waals surface area contributed by atoms with Crippen molar-refractivity contribution < 1.29 is 28.2 Å². The van der Waals surface area contributed by atoms with Gasteiger partial charge in [0.25, 0.3) is 5.78 Å². The van der Waals surface area contributed by atoms with Crippen LogP contribution in [0.4, 0.5) is 13.9 Å². The number of fused-ring (bicyclic) bond motifs is 1. The Morgan fingerprint density at radius 1 is 1.06 bits per heavy atom. The predicted octanol–water partition coefficient (Wildman–Crippen LogP) is 5.60. The zero-order valence-corrected chi connectivity index (χ0v) is 19.2. The van der Waals surface area contributed by atoms with Crippen molar-refractivity contribution in [2.24, 2.45) is 0 Å². The Balaban J connectivity index is 1.70. The molecule has 9 heteroatoms. The Labute approximate surface area is 202 Å². The Morgan fingerprint density at radius 3 is 2.54 bits per heavy atom. The van der Waals surface area contributed by atoms with Crippen LogP contribution < -0.4 is 9.64 Å². The number of hydrogen-bond acceptors (Lipinski definition) is 6. The number of carbonyl (C=O) groups is 2. The second-order valence-corrected chi connectivity index (χ2v) is 8.80. The average molecular weight is 493 g/mol. The van der Waals surface area contributed by atoms with Crippen LogP contribution in [0.5, 0.6) is 5.75 Å². The van der Waals surface area contributed by atoms with E-state index in [2.05, 4.69) is 4.98 Å². The van der Waals surface area contributed by atoms with Crippen molar-refractivity contribution >= 4 is 44.1 Å². The molecule has 1 amide bonds. The second-order valence-electron chi connectivity index (χ2n) is 7.79. The van der Waals surface area contributed by atoms with E-state index in [4.69, 9.17) is 4.74 Å². The lowest BCUT2D eigenvalue weighted by Gasteiger charge is -2.23. The second kappa shape index (κ2) is 8.92. The van der Waals surface area contributed by atoms with Crippen LogP contribution in [0, 0.1) is 11.6 Å². The van der Waals surface area contributed by atoms with E-state index >= 15 is 0 Å². The fourth-order valence-corrected chi connectivity index (χ4v) is 5.06. The van der Waals surface area contributed by atoms with Crippen LogP contribution in [0.1, 0.15) is 24.1 Å². The van der Waals surface area contributed by atoms with Crippen LogP contribution in [0.25, 0.3) is 16.0 Å². The Kier molecular flexibility index (Phi) is 5.78. The minimum absolute atomic E-state index is 0.149. The molecule has 1 N–H and O–H groups in total. The molecule has 1 aromatic heterocycles. The number of Topliss-reactive ketones (excluding diaryl/α,β-unsaturated/α-hetero) is 1. The Morgan fingerprint density at radius 2 is 1.83 bits per heavy atom. The number of halogens is 2. The largest absolute Gasteiger partial charge is 0.507 e. The molecule has 4 aromatic rings. The monoisotopic (exact) mass is 492 g/mol. The fourth-order valence-electron chi connectivity index (χ4n) is 4.04. The highest BCUT2D eigenvalue weighted by Crippen LogP contribution is 2.44. The predicted molar refractivity (Wildman–Crippen MR) is 128 cm³/mol. The highest BCUT2D eigenvalue weighted by Gasteiger charge is 2.48. The molecule has 1 saturated heterocycles. The molecular weight excluding hydrogens is 474 g/mol. The van der Waals surface area contributed by atoms with Crippen LogP contribution in [-0.4, -0.2) is 28.4 Å². The number of ketones is 1. The third kappa shape index (κ3) is 4.04. The van der Waals surface area contributed by atoms with Gasteiger partial charge in [-0.05, 0) is 67.1 Å². The van der Waals surface area contributed by atoms with Crippen molar-refractivity contribution in [3.63, 3.8) is 0 Å². The van der Waals surface area contributed by atoms with Gasteiger partial charge in [-0.1, -0.05) is 23.5 Å². The number of rotatable bonds is 5.